The number of likely N-dealkylation sites (N-methyl/N-ethyl adjacent to an activating group) is 1. The third-order valence-electron chi connectivity index (χ3n) is 5.18. The Kier molecular flexibility index (Phi) is 4.07. The van der Waals surface area contributed by atoms with E-state index in [1.165, 1.54) is 0 Å². The highest BCUT2D eigenvalue weighted by Crippen LogP contribution is 2.38. The van der Waals surface area contributed by atoms with Gasteiger partial charge in [0.2, 0.25) is 0 Å². The molecule has 2 aliphatic rings. The van der Waals surface area contributed by atoms with E-state index < -0.39 is 5.60 Å². The van der Waals surface area contributed by atoms with Crippen LogP contribution in [0, 0.1) is 0 Å². The Balaban J connectivity index is 1.44. The van der Waals surface area contributed by atoms with E-state index in [1.807, 2.05) is 12.1 Å². The molecule has 1 heterocycles. The number of carbonyl (C=O) groups is 1. The fourth-order valence-electron chi connectivity index (χ4n) is 3.54. The lowest BCUT2D eigenvalue weighted by atomic mass is 10.0. The van der Waals surface area contributed by atoms with E-state index in [9.17, 15) is 9.90 Å². The van der Waals surface area contributed by atoms with E-state index in [2.05, 4.69) is 10.1 Å². The number of hydrogen-bond donors (Lipinski definition) is 1. The van der Waals surface area contributed by atoms with Crippen molar-refractivity contribution in [3.05, 3.63) is 35.7 Å². The van der Waals surface area contributed by atoms with Crippen LogP contribution in [0.2, 0.25) is 0 Å². The van der Waals surface area contributed by atoms with E-state index in [1.54, 1.807) is 24.1 Å². The largest absolute Gasteiger partial charge is 0.388 e. The highest BCUT2D eigenvalue weighted by Gasteiger charge is 2.33. The topological polar surface area (TPSA) is 79.5 Å². The van der Waals surface area contributed by atoms with E-state index >= 15 is 0 Å². The summed E-state index contributed by atoms with van der Waals surface area (Å²) in [5.74, 6) is 1.64. The van der Waals surface area contributed by atoms with Crippen molar-refractivity contribution in [2.75, 3.05) is 13.6 Å². The van der Waals surface area contributed by atoms with Crippen molar-refractivity contribution in [1.29, 1.82) is 0 Å². The Morgan fingerprint density at radius 1 is 1.28 bits per heavy atom. The van der Waals surface area contributed by atoms with Gasteiger partial charge in [-0.05, 0) is 49.9 Å². The molecule has 2 aromatic rings. The second kappa shape index (κ2) is 6.26. The lowest BCUT2D eigenvalue weighted by Crippen LogP contribution is -2.42. The number of carbonyl (C=O) groups excluding carboxylic acids is 1. The Bertz CT molecular complexity index is 758. The summed E-state index contributed by atoms with van der Waals surface area (Å²) in [4.78, 5) is 18.6. The minimum atomic E-state index is -0.729. The number of aromatic nitrogens is 2. The fraction of sp³-hybridized carbons (Fsp3) is 0.526. The summed E-state index contributed by atoms with van der Waals surface area (Å²) >= 11 is 0. The molecule has 1 amide bonds. The molecular formula is C19H23N3O3. The molecule has 6 nitrogen and oxygen atoms in total. The van der Waals surface area contributed by atoms with Crippen LogP contribution < -0.4 is 0 Å². The van der Waals surface area contributed by atoms with Gasteiger partial charge >= 0.3 is 0 Å². The molecule has 1 aromatic heterocycles. The van der Waals surface area contributed by atoms with E-state index in [4.69, 9.17) is 4.52 Å². The second-order valence-electron chi connectivity index (χ2n) is 7.40. The number of rotatable bonds is 5. The van der Waals surface area contributed by atoms with Crippen LogP contribution in [0.1, 0.15) is 60.6 Å². The molecule has 0 aliphatic heterocycles. The standard InChI is InChI=1S/C19H23N3O3/c1-22(12-19(24)10-2-3-11-19)18(23)15-8-6-14(7-9-15)17-20-16(21-25-17)13-4-5-13/h6-9,13,24H,2-5,10-12H2,1H3. The van der Waals surface area contributed by atoms with Gasteiger partial charge in [-0.1, -0.05) is 18.0 Å². The van der Waals surface area contributed by atoms with Gasteiger partial charge in [0.15, 0.2) is 5.82 Å². The molecule has 25 heavy (non-hydrogen) atoms. The monoisotopic (exact) mass is 341 g/mol. The molecule has 2 aliphatic carbocycles. The van der Waals surface area contributed by atoms with E-state index in [-0.39, 0.29) is 5.91 Å². The van der Waals surface area contributed by atoms with Crippen LogP contribution >= 0.6 is 0 Å². The summed E-state index contributed by atoms with van der Waals surface area (Å²) < 4.78 is 5.31. The molecule has 2 saturated carbocycles. The van der Waals surface area contributed by atoms with Crippen molar-refractivity contribution in [2.24, 2.45) is 0 Å². The Labute approximate surface area is 146 Å². The van der Waals surface area contributed by atoms with Gasteiger partial charge in [0.1, 0.15) is 0 Å². The minimum Gasteiger partial charge on any atom is -0.388 e. The molecule has 6 heteroatoms. The van der Waals surface area contributed by atoms with Crippen molar-refractivity contribution in [3.8, 4) is 11.5 Å². The van der Waals surface area contributed by atoms with Crippen molar-refractivity contribution >= 4 is 5.91 Å². The maximum atomic E-state index is 12.6. The molecule has 0 unspecified atom stereocenters. The van der Waals surface area contributed by atoms with Crippen LogP contribution in [0.15, 0.2) is 28.8 Å². The van der Waals surface area contributed by atoms with Gasteiger partial charge in [0, 0.05) is 30.6 Å². The molecular weight excluding hydrogens is 318 g/mol. The van der Waals surface area contributed by atoms with Gasteiger partial charge in [-0.25, -0.2) is 0 Å². The van der Waals surface area contributed by atoms with Gasteiger partial charge < -0.3 is 14.5 Å². The molecule has 2 fully saturated rings. The van der Waals surface area contributed by atoms with Crippen molar-refractivity contribution < 1.29 is 14.4 Å². The van der Waals surface area contributed by atoms with Gasteiger partial charge in [0.05, 0.1) is 5.60 Å². The molecule has 132 valence electrons. The summed E-state index contributed by atoms with van der Waals surface area (Å²) in [7, 11) is 1.74. The van der Waals surface area contributed by atoms with Gasteiger partial charge in [-0.3, -0.25) is 4.79 Å². The first-order valence-corrected chi connectivity index (χ1v) is 8.96. The SMILES string of the molecule is CN(CC1(O)CCCC1)C(=O)c1ccc(-c2nc(C3CC3)no2)cc1. The zero-order valence-corrected chi connectivity index (χ0v) is 14.4. The normalized spacial score (nSPS) is 19.1. The molecule has 0 saturated heterocycles. The Hall–Kier alpha value is -2.21. The number of benzene rings is 1. The van der Waals surface area contributed by atoms with Crippen LogP contribution in [-0.2, 0) is 0 Å². The minimum absolute atomic E-state index is 0.0870. The fourth-order valence-corrected chi connectivity index (χ4v) is 3.54. The summed E-state index contributed by atoms with van der Waals surface area (Å²) in [5.41, 5.74) is 0.677. The summed E-state index contributed by atoms with van der Waals surface area (Å²) in [6, 6.07) is 7.20. The van der Waals surface area contributed by atoms with Gasteiger partial charge in [0.25, 0.3) is 11.8 Å². The lowest BCUT2D eigenvalue weighted by molar-refractivity contribution is 0.0157. The van der Waals surface area contributed by atoms with Crippen LogP contribution in [0.25, 0.3) is 11.5 Å². The molecule has 0 bridgehead atoms. The highest BCUT2D eigenvalue weighted by molar-refractivity contribution is 5.94. The zero-order chi connectivity index (χ0) is 17.4. The average molecular weight is 341 g/mol. The first-order chi connectivity index (χ1) is 12.0. The molecule has 0 radical (unpaired) electrons. The predicted octanol–water partition coefficient (Wildman–Crippen LogP) is 2.99. The van der Waals surface area contributed by atoms with Gasteiger partial charge in [-0.2, -0.15) is 4.98 Å². The number of aliphatic hydroxyl groups is 1. The van der Waals surface area contributed by atoms with Crippen LogP contribution in [0.5, 0.6) is 0 Å². The number of nitrogens with zero attached hydrogens (tertiary/aromatic N) is 3. The van der Waals surface area contributed by atoms with Gasteiger partial charge in [-0.15, -0.1) is 0 Å². The van der Waals surface area contributed by atoms with Crippen molar-refractivity contribution in [3.63, 3.8) is 0 Å². The van der Waals surface area contributed by atoms with Crippen molar-refractivity contribution in [1.82, 2.24) is 15.0 Å². The summed E-state index contributed by atoms with van der Waals surface area (Å²) in [6.07, 6.45) is 5.85. The quantitative estimate of drug-likeness (QED) is 0.904. The van der Waals surface area contributed by atoms with Crippen molar-refractivity contribution in [2.45, 2.75) is 50.0 Å². The predicted molar refractivity (Wildman–Crippen MR) is 92.1 cm³/mol. The Morgan fingerprint density at radius 2 is 1.96 bits per heavy atom. The van der Waals surface area contributed by atoms with E-state index in [0.29, 0.717) is 23.9 Å². The lowest BCUT2D eigenvalue weighted by Gasteiger charge is -2.28. The summed E-state index contributed by atoms with van der Waals surface area (Å²) in [5, 5.41) is 14.5. The average Bonchev–Trinajstić information content (AvgIpc) is 3.19. The first kappa shape index (κ1) is 16.3. The third kappa shape index (κ3) is 3.44. The highest BCUT2D eigenvalue weighted by atomic mass is 16.5. The first-order valence-electron chi connectivity index (χ1n) is 8.96. The van der Waals surface area contributed by atoms with Crippen LogP contribution in [0.4, 0.5) is 0 Å². The molecule has 0 spiro atoms. The third-order valence-corrected chi connectivity index (χ3v) is 5.18. The maximum Gasteiger partial charge on any atom is 0.257 e. The molecule has 1 N–H and O–H groups in total. The molecule has 0 atom stereocenters. The second-order valence-corrected chi connectivity index (χ2v) is 7.40. The van der Waals surface area contributed by atoms with Crippen LogP contribution in [0.3, 0.4) is 0 Å². The molecule has 1 aromatic carbocycles. The number of hydrogen-bond acceptors (Lipinski definition) is 5. The molecule has 4 rings (SSSR count). The zero-order valence-electron chi connectivity index (χ0n) is 14.4. The van der Waals surface area contributed by atoms with Crippen LogP contribution in [-0.4, -0.2) is 45.2 Å². The Morgan fingerprint density at radius 3 is 2.60 bits per heavy atom. The summed E-state index contributed by atoms with van der Waals surface area (Å²) in [6.45, 7) is 0.377. The van der Waals surface area contributed by atoms with E-state index in [0.717, 1.165) is 49.9 Å². The number of amides is 1. The smallest absolute Gasteiger partial charge is 0.257 e. The maximum absolute atomic E-state index is 12.6.